The molecule has 3 nitrogen and oxygen atoms in total. The zero-order valence-corrected chi connectivity index (χ0v) is 9.10. The standard InChI is InChI=1S/C9H9BrFNO2/c1-2-14-9(13)5-3-8(12)7(11)4-6(5)10/h3-4H,2,12H2,1H3. The van der Waals surface area contributed by atoms with E-state index in [1.165, 1.54) is 6.07 Å². The minimum atomic E-state index is -0.565. The molecular weight excluding hydrogens is 253 g/mol. The summed E-state index contributed by atoms with van der Waals surface area (Å²) < 4.78 is 18.0. The van der Waals surface area contributed by atoms with E-state index < -0.39 is 11.8 Å². The van der Waals surface area contributed by atoms with Gasteiger partial charge in [-0.2, -0.15) is 0 Å². The van der Waals surface area contributed by atoms with Crippen LogP contribution in [-0.4, -0.2) is 12.6 Å². The first kappa shape index (κ1) is 11.0. The van der Waals surface area contributed by atoms with Crippen LogP contribution < -0.4 is 5.73 Å². The number of anilines is 1. The van der Waals surface area contributed by atoms with Crippen LogP contribution in [0.15, 0.2) is 16.6 Å². The zero-order chi connectivity index (χ0) is 10.7. The van der Waals surface area contributed by atoms with Crippen LogP contribution in [0.5, 0.6) is 0 Å². The first-order valence-electron chi connectivity index (χ1n) is 3.98. The lowest BCUT2D eigenvalue weighted by Gasteiger charge is -2.05. The number of esters is 1. The first-order chi connectivity index (χ1) is 6.56. The molecule has 0 aliphatic carbocycles. The largest absolute Gasteiger partial charge is 0.462 e. The molecule has 0 radical (unpaired) electrons. The first-order valence-corrected chi connectivity index (χ1v) is 4.77. The van der Waals surface area contributed by atoms with Crippen molar-refractivity contribution < 1.29 is 13.9 Å². The van der Waals surface area contributed by atoms with Crippen molar-refractivity contribution in [2.75, 3.05) is 12.3 Å². The Morgan fingerprint density at radius 2 is 2.29 bits per heavy atom. The molecule has 0 unspecified atom stereocenters. The average molecular weight is 262 g/mol. The summed E-state index contributed by atoms with van der Waals surface area (Å²) in [7, 11) is 0. The van der Waals surface area contributed by atoms with Crippen molar-refractivity contribution in [3.8, 4) is 0 Å². The molecule has 0 atom stereocenters. The molecule has 2 N–H and O–H groups in total. The van der Waals surface area contributed by atoms with Crippen molar-refractivity contribution in [3.05, 3.63) is 28.0 Å². The maximum absolute atomic E-state index is 12.9. The summed E-state index contributed by atoms with van der Waals surface area (Å²) in [5, 5.41) is 0. The third-order valence-corrected chi connectivity index (χ3v) is 2.24. The van der Waals surface area contributed by atoms with Gasteiger partial charge in [-0.1, -0.05) is 0 Å². The number of benzene rings is 1. The summed E-state index contributed by atoms with van der Waals surface area (Å²) in [6.07, 6.45) is 0. The second-order valence-corrected chi connectivity index (χ2v) is 3.43. The lowest BCUT2D eigenvalue weighted by molar-refractivity contribution is 0.0525. The third-order valence-electron chi connectivity index (χ3n) is 1.58. The highest BCUT2D eigenvalue weighted by Gasteiger charge is 2.13. The molecule has 14 heavy (non-hydrogen) atoms. The summed E-state index contributed by atoms with van der Waals surface area (Å²) in [4.78, 5) is 11.3. The van der Waals surface area contributed by atoms with Crippen LogP contribution in [0.2, 0.25) is 0 Å². The summed E-state index contributed by atoms with van der Waals surface area (Å²) in [6, 6.07) is 2.39. The summed E-state index contributed by atoms with van der Waals surface area (Å²) in [5.74, 6) is -1.09. The number of ether oxygens (including phenoxy) is 1. The number of hydrogen-bond acceptors (Lipinski definition) is 3. The fourth-order valence-electron chi connectivity index (χ4n) is 0.931. The predicted molar refractivity (Wildman–Crippen MR) is 54.5 cm³/mol. The number of carbonyl (C=O) groups is 1. The van der Waals surface area contributed by atoms with E-state index in [1.807, 2.05) is 0 Å². The Morgan fingerprint density at radius 1 is 1.64 bits per heavy atom. The van der Waals surface area contributed by atoms with Crippen LogP contribution in [0.4, 0.5) is 10.1 Å². The minimum Gasteiger partial charge on any atom is -0.462 e. The van der Waals surface area contributed by atoms with Gasteiger partial charge in [-0.05, 0) is 35.0 Å². The number of carbonyl (C=O) groups excluding carboxylic acids is 1. The molecule has 1 aromatic rings. The molecule has 0 aliphatic heterocycles. The van der Waals surface area contributed by atoms with E-state index >= 15 is 0 Å². The molecule has 0 amide bonds. The Balaban J connectivity index is 3.09. The van der Waals surface area contributed by atoms with E-state index in [-0.39, 0.29) is 17.9 Å². The molecular formula is C9H9BrFNO2. The summed E-state index contributed by atoms with van der Waals surface area (Å²) in [5.41, 5.74) is 5.47. The molecule has 0 aliphatic rings. The Kier molecular flexibility index (Phi) is 3.46. The van der Waals surface area contributed by atoms with Crippen molar-refractivity contribution in [1.82, 2.24) is 0 Å². The molecule has 0 saturated heterocycles. The van der Waals surface area contributed by atoms with Gasteiger partial charge in [0.25, 0.3) is 0 Å². The Labute approximate surface area is 89.2 Å². The molecule has 76 valence electrons. The predicted octanol–water partition coefficient (Wildman–Crippen LogP) is 2.35. The molecule has 5 heteroatoms. The lowest BCUT2D eigenvalue weighted by Crippen LogP contribution is -2.07. The highest BCUT2D eigenvalue weighted by molar-refractivity contribution is 9.10. The van der Waals surface area contributed by atoms with Crippen molar-refractivity contribution in [1.29, 1.82) is 0 Å². The lowest BCUT2D eigenvalue weighted by atomic mass is 10.2. The molecule has 1 aromatic carbocycles. The molecule has 0 fully saturated rings. The van der Waals surface area contributed by atoms with Crippen LogP contribution in [0, 0.1) is 5.82 Å². The van der Waals surface area contributed by atoms with Crippen LogP contribution in [-0.2, 0) is 4.74 Å². The Hall–Kier alpha value is -1.10. The van der Waals surface area contributed by atoms with Gasteiger partial charge in [0.15, 0.2) is 0 Å². The van der Waals surface area contributed by atoms with Crippen molar-refractivity contribution >= 4 is 27.6 Å². The highest BCUT2D eigenvalue weighted by Crippen LogP contribution is 2.23. The molecule has 0 spiro atoms. The van der Waals surface area contributed by atoms with Gasteiger partial charge in [0, 0.05) is 4.47 Å². The zero-order valence-electron chi connectivity index (χ0n) is 7.51. The molecule has 0 heterocycles. The smallest absolute Gasteiger partial charge is 0.339 e. The van der Waals surface area contributed by atoms with Crippen LogP contribution in [0.1, 0.15) is 17.3 Å². The highest BCUT2D eigenvalue weighted by atomic mass is 79.9. The summed E-state index contributed by atoms with van der Waals surface area (Å²) in [6.45, 7) is 1.96. The Morgan fingerprint density at radius 3 is 2.86 bits per heavy atom. The second kappa shape index (κ2) is 4.41. The van der Waals surface area contributed by atoms with Gasteiger partial charge >= 0.3 is 5.97 Å². The topological polar surface area (TPSA) is 52.3 Å². The SMILES string of the molecule is CCOC(=O)c1cc(N)c(F)cc1Br. The number of nitrogens with two attached hydrogens (primary N) is 1. The van der Waals surface area contributed by atoms with Crippen molar-refractivity contribution in [2.24, 2.45) is 0 Å². The van der Waals surface area contributed by atoms with E-state index in [9.17, 15) is 9.18 Å². The van der Waals surface area contributed by atoms with Crippen LogP contribution in [0.3, 0.4) is 0 Å². The molecule has 1 rings (SSSR count). The monoisotopic (exact) mass is 261 g/mol. The van der Waals surface area contributed by atoms with Gasteiger partial charge in [-0.25, -0.2) is 9.18 Å². The quantitative estimate of drug-likeness (QED) is 0.657. The van der Waals surface area contributed by atoms with Crippen LogP contribution >= 0.6 is 15.9 Å². The average Bonchev–Trinajstić information content (AvgIpc) is 2.11. The fourth-order valence-corrected chi connectivity index (χ4v) is 1.41. The van der Waals surface area contributed by atoms with E-state index in [2.05, 4.69) is 15.9 Å². The van der Waals surface area contributed by atoms with Gasteiger partial charge in [-0.15, -0.1) is 0 Å². The molecule has 0 aromatic heterocycles. The van der Waals surface area contributed by atoms with E-state index in [1.54, 1.807) is 6.92 Å². The normalized spacial score (nSPS) is 9.93. The minimum absolute atomic E-state index is 0.0729. The number of halogens is 2. The number of nitrogen functional groups attached to an aromatic ring is 1. The molecule has 0 saturated carbocycles. The van der Waals surface area contributed by atoms with Crippen molar-refractivity contribution in [2.45, 2.75) is 6.92 Å². The van der Waals surface area contributed by atoms with Gasteiger partial charge < -0.3 is 10.5 Å². The second-order valence-electron chi connectivity index (χ2n) is 2.57. The van der Waals surface area contributed by atoms with Crippen molar-refractivity contribution in [3.63, 3.8) is 0 Å². The maximum Gasteiger partial charge on any atom is 0.339 e. The third kappa shape index (κ3) is 2.23. The summed E-state index contributed by atoms with van der Waals surface area (Å²) >= 11 is 3.06. The van der Waals surface area contributed by atoms with E-state index in [0.29, 0.717) is 4.47 Å². The number of hydrogen-bond donors (Lipinski definition) is 1. The maximum atomic E-state index is 12.9. The number of rotatable bonds is 2. The van der Waals surface area contributed by atoms with Gasteiger partial charge in [0.1, 0.15) is 5.82 Å². The van der Waals surface area contributed by atoms with E-state index in [4.69, 9.17) is 10.5 Å². The van der Waals surface area contributed by atoms with Gasteiger partial charge in [0.2, 0.25) is 0 Å². The van der Waals surface area contributed by atoms with Crippen LogP contribution in [0.25, 0.3) is 0 Å². The van der Waals surface area contributed by atoms with E-state index in [0.717, 1.165) is 6.07 Å². The fraction of sp³-hybridized carbons (Fsp3) is 0.222. The van der Waals surface area contributed by atoms with Gasteiger partial charge in [-0.3, -0.25) is 0 Å². The molecule has 0 bridgehead atoms. The Bertz CT molecular complexity index is 368. The van der Waals surface area contributed by atoms with Gasteiger partial charge in [0.05, 0.1) is 17.9 Å².